The van der Waals surface area contributed by atoms with Crippen molar-refractivity contribution >= 4 is 11.5 Å². The smallest absolute Gasteiger partial charge is 0.412 e. The molecule has 16 heavy (non-hydrogen) atoms. The molecule has 0 amide bonds. The fourth-order valence-electron chi connectivity index (χ4n) is 1.12. The minimum Gasteiger partial charge on any atom is -0.412 e. The van der Waals surface area contributed by atoms with Crippen molar-refractivity contribution in [1.82, 2.24) is 19.6 Å². The van der Waals surface area contributed by atoms with Crippen molar-refractivity contribution in [3.8, 4) is 0 Å². The summed E-state index contributed by atoms with van der Waals surface area (Å²) >= 11 is 0. The van der Waals surface area contributed by atoms with Gasteiger partial charge in [0, 0.05) is 0 Å². The molecule has 2 aromatic heterocycles. The first-order valence-electron chi connectivity index (χ1n) is 3.61. The van der Waals surface area contributed by atoms with Crippen LogP contribution in [0.5, 0.6) is 0 Å². The molecule has 9 nitrogen and oxygen atoms in total. The monoisotopic (exact) mass is 235 g/mol. The predicted molar refractivity (Wildman–Crippen MR) is 47.4 cm³/mol. The molecule has 0 unspecified atom stereocenters. The number of fused-ring (bicyclic) bond motifs is 1. The van der Waals surface area contributed by atoms with E-state index >= 15 is 0 Å². The number of nitrogens with one attached hydrogen (secondary N) is 1. The van der Waals surface area contributed by atoms with Crippen LogP contribution in [-0.4, -0.2) is 30.0 Å². The normalized spacial score (nSPS) is 9.31. The molecule has 0 aliphatic heterocycles. The number of H-pyrrole nitrogens is 1. The van der Waals surface area contributed by atoms with E-state index in [4.69, 9.17) is 0 Å². The molecule has 3 N–H and O–H groups in total. The van der Waals surface area contributed by atoms with E-state index in [0.29, 0.717) is 0 Å². The zero-order valence-electron chi connectivity index (χ0n) is 8.51. The predicted octanol–water partition coefficient (Wildman–Crippen LogP) is -4.39. The van der Waals surface area contributed by atoms with E-state index in [9.17, 15) is 14.9 Å². The molecule has 0 aromatic carbocycles. The SMILES string of the molecule is Cc1nc2n[c-][nH]n2c(=O)c1[N+](=O)[O-].O.[Na+]. The average Bonchev–Trinajstić information content (AvgIpc) is 2.50. The van der Waals surface area contributed by atoms with Crippen LogP contribution in [0.1, 0.15) is 5.69 Å². The minimum atomic E-state index is -0.786. The van der Waals surface area contributed by atoms with Gasteiger partial charge in [0.25, 0.3) is 0 Å². The summed E-state index contributed by atoms with van der Waals surface area (Å²) in [6, 6.07) is 0. The molecule has 0 spiro atoms. The van der Waals surface area contributed by atoms with Crippen molar-refractivity contribution in [3.63, 3.8) is 0 Å². The Morgan fingerprint density at radius 2 is 2.19 bits per heavy atom. The van der Waals surface area contributed by atoms with Crippen LogP contribution in [0.4, 0.5) is 5.69 Å². The molecular formula is C6H6N5NaO4. The second-order valence-corrected chi connectivity index (χ2v) is 2.58. The second kappa shape index (κ2) is 5.16. The Balaban J connectivity index is 0.00000112. The molecule has 2 aromatic rings. The van der Waals surface area contributed by atoms with Crippen molar-refractivity contribution in [2.75, 3.05) is 0 Å². The molecule has 0 bridgehead atoms. The van der Waals surface area contributed by atoms with Crippen LogP contribution in [0.2, 0.25) is 0 Å². The number of rotatable bonds is 1. The van der Waals surface area contributed by atoms with Crippen LogP contribution in [-0.2, 0) is 0 Å². The third-order valence-electron chi connectivity index (χ3n) is 1.72. The topological polar surface area (TPSA) is 138 Å². The number of aryl methyl sites for hydroxylation is 1. The van der Waals surface area contributed by atoms with Gasteiger partial charge in [0.2, 0.25) is 0 Å². The van der Waals surface area contributed by atoms with Gasteiger partial charge in [-0.1, -0.05) is 6.33 Å². The molecule has 0 saturated carbocycles. The molecule has 80 valence electrons. The number of aromatic amines is 1. The van der Waals surface area contributed by atoms with Crippen molar-refractivity contribution < 1.29 is 40.0 Å². The molecule has 2 heterocycles. The van der Waals surface area contributed by atoms with Crippen LogP contribution in [0.25, 0.3) is 5.78 Å². The maximum Gasteiger partial charge on any atom is 1.00 e. The van der Waals surface area contributed by atoms with E-state index in [0.717, 1.165) is 4.52 Å². The molecule has 0 fully saturated rings. The summed E-state index contributed by atoms with van der Waals surface area (Å²) in [6.07, 6.45) is 2.27. The number of aromatic nitrogens is 4. The van der Waals surface area contributed by atoms with Gasteiger partial charge >= 0.3 is 40.8 Å². The van der Waals surface area contributed by atoms with Gasteiger partial charge < -0.3 is 20.5 Å². The molecular weight excluding hydrogens is 229 g/mol. The van der Waals surface area contributed by atoms with Gasteiger partial charge in [0.05, 0.1) is 10.7 Å². The van der Waals surface area contributed by atoms with E-state index in [1.807, 2.05) is 0 Å². The number of hydrogen-bond donors (Lipinski definition) is 1. The van der Waals surface area contributed by atoms with Crippen LogP contribution in [0.3, 0.4) is 0 Å². The van der Waals surface area contributed by atoms with Gasteiger partial charge in [-0.25, -0.2) is 0 Å². The summed E-state index contributed by atoms with van der Waals surface area (Å²) in [6.45, 7) is 1.38. The fourth-order valence-corrected chi connectivity index (χ4v) is 1.12. The zero-order valence-corrected chi connectivity index (χ0v) is 10.5. The van der Waals surface area contributed by atoms with E-state index in [1.165, 1.54) is 6.92 Å². The Hall–Kier alpha value is -1.29. The van der Waals surface area contributed by atoms with Crippen LogP contribution >= 0.6 is 0 Å². The van der Waals surface area contributed by atoms with Gasteiger partial charge in [0.15, 0.2) is 0 Å². The molecule has 2 rings (SSSR count). The first-order chi connectivity index (χ1) is 6.61. The van der Waals surface area contributed by atoms with Crippen LogP contribution < -0.4 is 35.1 Å². The Morgan fingerprint density at radius 1 is 1.56 bits per heavy atom. The van der Waals surface area contributed by atoms with Gasteiger partial charge in [-0.15, -0.1) is 0 Å². The number of nitrogens with zero attached hydrogens (tertiary/aromatic N) is 4. The van der Waals surface area contributed by atoms with Gasteiger partial charge in [0.1, 0.15) is 5.69 Å². The average molecular weight is 235 g/mol. The van der Waals surface area contributed by atoms with Gasteiger partial charge in [-0.3, -0.25) is 19.4 Å². The first-order valence-corrected chi connectivity index (χ1v) is 3.61. The summed E-state index contributed by atoms with van der Waals surface area (Å²) in [5.41, 5.74) is -1.30. The van der Waals surface area contributed by atoms with E-state index < -0.39 is 16.2 Å². The third-order valence-corrected chi connectivity index (χ3v) is 1.72. The maximum atomic E-state index is 11.4. The van der Waals surface area contributed by atoms with Crippen molar-refractivity contribution in [3.05, 3.63) is 32.5 Å². The van der Waals surface area contributed by atoms with Crippen molar-refractivity contribution in [2.45, 2.75) is 6.92 Å². The summed E-state index contributed by atoms with van der Waals surface area (Å²) in [7, 11) is 0. The Morgan fingerprint density at radius 3 is 2.75 bits per heavy atom. The zero-order chi connectivity index (χ0) is 10.3. The quantitative estimate of drug-likeness (QED) is 0.230. The molecule has 0 radical (unpaired) electrons. The van der Waals surface area contributed by atoms with Gasteiger partial charge in [-0.2, -0.15) is 0 Å². The second-order valence-electron chi connectivity index (χ2n) is 2.58. The summed E-state index contributed by atoms with van der Waals surface area (Å²) in [5, 5.41) is 12.8. The van der Waals surface area contributed by atoms with Crippen LogP contribution in [0, 0.1) is 23.4 Å². The Labute approximate surface area is 110 Å². The van der Waals surface area contributed by atoms with Crippen molar-refractivity contribution in [1.29, 1.82) is 0 Å². The summed E-state index contributed by atoms with van der Waals surface area (Å²) in [5.74, 6) is 0.0677. The van der Waals surface area contributed by atoms with Gasteiger partial charge in [-0.05, 0) is 6.92 Å². The number of nitro groups is 1. The molecule has 0 saturated heterocycles. The molecule has 10 heteroatoms. The largest absolute Gasteiger partial charge is 1.00 e. The standard InChI is InChI=1S/C6H4N5O3.Na.H2O/c1-3-4(11(13)14)5(12)10-6(9-3)7-2-8-10;;/h1H3,(H,7,8,9);;1H2/q-1;+1;. The van der Waals surface area contributed by atoms with Crippen molar-refractivity contribution in [2.24, 2.45) is 0 Å². The fraction of sp³-hybridized carbons (Fsp3) is 0.167. The van der Waals surface area contributed by atoms with E-state index in [2.05, 4.69) is 21.4 Å². The van der Waals surface area contributed by atoms with E-state index in [-0.39, 0.29) is 46.5 Å². The first kappa shape index (κ1) is 14.7. The maximum absolute atomic E-state index is 11.4. The molecule has 0 aliphatic rings. The van der Waals surface area contributed by atoms with Crippen LogP contribution in [0.15, 0.2) is 4.79 Å². The summed E-state index contributed by atoms with van der Waals surface area (Å²) in [4.78, 5) is 28.5. The van der Waals surface area contributed by atoms with E-state index in [1.54, 1.807) is 0 Å². The Bertz CT molecular complexity index is 576. The minimum absolute atomic E-state index is 0. The Kier molecular flexibility index (Phi) is 4.75. The molecule has 0 atom stereocenters. The third kappa shape index (κ3) is 2.11. The number of hydrogen-bond acceptors (Lipinski definition) is 5. The summed E-state index contributed by atoms with van der Waals surface area (Å²) < 4.78 is 0.866. The molecule has 0 aliphatic carbocycles.